The maximum Gasteiger partial charge on any atom is 0.258 e. The van der Waals surface area contributed by atoms with Crippen molar-refractivity contribution in [2.45, 2.75) is 32.7 Å². The maximum atomic E-state index is 13.3. The van der Waals surface area contributed by atoms with E-state index in [1.807, 2.05) is 54.8 Å². The molecule has 2 amide bonds. The van der Waals surface area contributed by atoms with Crippen LogP contribution in [0.2, 0.25) is 0 Å². The average molecular weight is 445 g/mol. The molecule has 33 heavy (non-hydrogen) atoms. The highest BCUT2D eigenvalue weighted by molar-refractivity contribution is 5.96. The van der Waals surface area contributed by atoms with Crippen LogP contribution in [0.25, 0.3) is 11.0 Å². The summed E-state index contributed by atoms with van der Waals surface area (Å²) in [6.45, 7) is 4.36. The third-order valence-electron chi connectivity index (χ3n) is 6.12. The second-order valence-corrected chi connectivity index (χ2v) is 8.41. The van der Waals surface area contributed by atoms with Gasteiger partial charge in [-0.25, -0.2) is 9.37 Å². The Morgan fingerprint density at radius 2 is 1.76 bits per heavy atom. The van der Waals surface area contributed by atoms with Crippen LogP contribution >= 0.6 is 0 Å². The van der Waals surface area contributed by atoms with Crippen LogP contribution in [0.4, 0.5) is 10.1 Å². The first-order valence-corrected chi connectivity index (χ1v) is 10.9. The van der Waals surface area contributed by atoms with E-state index in [2.05, 4.69) is 5.43 Å². The van der Waals surface area contributed by atoms with E-state index < -0.39 is 0 Å². The van der Waals surface area contributed by atoms with Gasteiger partial charge in [-0.15, -0.1) is 0 Å². The highest BCUT2D eigenvalue weighted by atomic mass is 19.1. The molecule has 0 aliphatic carbocycles. The number of hydrogen-bond acceptors (Lipinski definition) is 3. The Morgan fingerprint density at radius 3 is 2.48 bits per heavy atom. The van der Waals surface area contributed by atoms with Gasteiger partial charge in [0.15, 0.2) is 0 Å². The third-order valence-corrected chi connectivity index (χ3v) is 6.12. The van der Waals surface area contributed by atoms with Crippen molar-refractivity contribution in [3.05, 3.63) is 83.7 Å². The quantitative estimate of drug-likeness (QED) is 0.507. The average Bonchev–Trinajstić information content (AvgIpc) is 3.46. The maximum absolute atomic E-state index is 13.3. The Morgan fingerprint density at radius 1 is 1.06 bits per heavy atom. The summed E-state index contributed by atoms with van der Waals surface area (Å²) < 4.78 is 17.0. The van der Waals surface area contributed by atoms with E-state index in [-0.39, 0.29) is 36.5 Å². The molecule has 1 aliphatic rings. The number of hydrogen-bond donors (Lipinski definition) is 1. The number of para-hydroxylation sites is 2. The number of aryl methyl sites for hydroxylation is 2. The lowest BCUT2D eigenvalue weighted by Crippen LogP contribution is -2.29. The first-order valence-electron chi connectivity index (χ1n) is 10.9. The fourth-order valence-corrected chi connectivity index (χ4v) is 4.47. The van der Waals surface area contributed by atoms with Crippen molar-refractivity contribution in [3.63, 3.8) is 0 Å². The Hall–Kier alpha value is -3.94. The van der Waals surface area contributed by atoms with Crippen LogP contribution in [-0.4, -0.2) is 32.6 Å². The fraction of sp³-hybridized carbons (Fsp3) is 0.240. The number of rotatable bonds is 5. The highest BCUT2D eigenvalue weighted by Gasteiger charge is 2.35. The number of halogens is 1. The fourth-order valence-electron chi connectivity index (χ4n) is 4.47. The monoisotopic (exact) mass is 445 g/mol. The van der Waals surface area contributed by atoms with Crippen molar-refractivity contribution < 1.29 is 14.0 Å². The molecule has 0 saturated carbocycles. The van der Waals surface area contributed by atoms with Gasteiger partial charge >= 0.3 is 0 Å². The zero-order chi connectivity index (χ0) is 23.1. The van der Waals surface area contributed by atoms with Gasteiger partial charge < -0.3 is 9.47 Å². The van der Waals surface area contributed by atoms with Crippen molar-refractivity contribution >= 4 is 28.5 Å². The van der Waals surface area contributed by atoms with E-state index in [4.69, 9.17) is 4.98 Å². The lowest BCUT2D eigenvalue weighted by Gasteiger charge is -2.18. The van der Waals surface area contributed by atoms with Gasteiger partial charge in [0.25, 0.3) is 5.91 Å². The van der Waals surface area contributed by atoms with Crippen LogP contribution in [0.5, 0.6) is 0 Å². The number of anilines is 1. The second-order valence-electron chi connectivity index (χ2n) is 8.41. The summed E-state index contributed by atoms with van der Waals surface area (Å²) >= 11 is 0. The molecule has 1 atom stereocenters. The normalized spacial score (nSPS) is 16.0. The van der Waals surface area contributed by atoms with Gasteiger partial charge in [-0.05, 0) is 62.4 Å². The van der Waals surface area contributed by atoms with Gasteiger partial charge in [0.1, 0.15) is 18.2 Å². The molecule has 0 radical (unpaired) electrons. The van der Waals surface area contributed by atoms with Crippen LogP contribution in [0.1, 0.15) is 29.6 Å². The molecule has 168 valence electrons. The first kappa shape index (κ1) is 20.9. The smallest absolute Gasteiger partial charge is 0.258 e. The number of fused-ring (bicyclic) bond motifs is 1. The molecular weight excluding hydrogens is 421 g/mol. The summed E-state index contributed by atoms with van der Waals surface area (Å²) in [6.07, 6.45) is 0.276. The molecule has 7 nitrogen and oxygen atoms in total. The number of carbonyl (C=O) groups excluding carboxylic acids is 2. The lowest BCUT2D eigenvalue weighted by atomic mass is 10.1. The number of aromatic nitrogens is 3. The summed E-state index contributed by atoms with van der Waals surface area (Å²) in [6, 6.07) is 17.4. The first-order chi connectivity index (χ1) is 15.9. The zero-order valence-electron chi connectivity index (χ0n) is 18.5. The predicted octanol–water partition coefficient (Wildman–Crippen LogP) is 3.88. The molecule has 1 saturated heterocycles. The predicted molar refractivity (Wildman–Crippen MR) is 124 cm³/mol. The van der Waals surface area contributed by atoms with Crippen LogP contribution < -0.4 is 10.3 Å². The van der Waals surface area contributed by atoms with E-state index in [1.165, 1.54) is 12.1 Å². The number of imidazole rings is 1. The SMILES string of the molecule is Cc1ccc(C)n1NC(=O)Cn1c(C2CC(=O)N(c3ccc(F)cc3)C2)nc2ccccc21. The number of nitrogens with one attached hydrogen (secondary N) is 1. The number of carbonyl (C=O) groups is 2. The molecule has 5 rings (SSSR count). The Kier molecular flexibility index (Phi) is 5.20. The van der Waals surface area contributed by atoms with Crippen molar-refractivity contribution in [3.8, 4) is 0 Å². The van der Waals surface area contributed by atoms with Crippen LogP contribution in [0, 0.1) is 19.7 Å². The summed E-state index contributed by atoms with van der Waals surface area (Å²) in [7, 11) is 0. The van der Waals surface area contributed by atoms with Crippen molar-refractivity contribution in [2.75, 3.05) is 16.9 Å². The van der Waals surface area contributed by atoms with E-state index in [0.717, 1.165) is 22.4 Å². The molecule has 1 fully saturated rings. The minimum Gasteiger partial charge on any atom is -0.318 e. The Bertz CT molecular complexity index is 1340. The van der Waals surface area contributed by atoms with Gasteiger partial charge in [0.05, 0.1) is 11.0 Å². The molecule has 2 aromatic heterocycles. The van der Waals surface area contributed by atoms with E-state index in [9.17, 15) is 14.0 Å². The van der Waals surface area contributed by atoms with Crippen molar-refractivity contribution in [1.29, 1.82) is 0 Å². The van der Waals surface area contributed by atoms with Crippen LogP contribution in [0.3, 0.4) is 0 Å². The topological polar surface area (TPSA) is 72.2 Å². The minimum absolute atomic E-state index is 0.0479. The highest BCUT2D eigenvalue weighted by Crippen LogP contribution is 2.33. The van der Waals surface area contributed by atoms with Gasteiger partial charge in [0.2, 0.25) is 5.91 Å². The number of benzene rings is 2. The van der Waals surface area contributed by atoms with Crippen molar-refractivity contribution in [1.82, 2.24) is 14.2 Å². The standard InChI is InChI=1S/C25H24FN5O2/c1-16-7-8-17(2)31(16)28-23(32)15-30-22-6-4-3-5-21(22)27-25(30)18-13-24(33)29(14-18)20-11-9-19(26)10-12-20/h3-12,18H,13-15H2,1-2H3,(H,28,32). The molecule has 4 aromatic rings. The molecule has 1 N–H and O–H groups in total. The van der Waals surface area contributed by atoms with E-state index in [0.29, 0.717) is 18.1 Å². The molecular formula is C25H24FN5O2. The summed E-state index contributed by atoms with van der Waals surface area (Å²) in [5.41, 5.74) is 7.10. The van der Waals surface area contributed by atoms with Crippen molar-refractivity contribution in [2.24, 2.45) is 0 Å². The van der Waals surface area contributed by atoms with Gasteiger partial charge in [-0.1, -0.05) is 12.1 Å². The Balaban J connectivity index is 1.45. The second kappa shape index (κ2) is 8.20. The largest absolute Gasteiger partial charge is 0.318 e. The lowest BCUT2D eigenvalue weighted by molar-refractivity contribution is -0.118. The molecule has 2 aromatic carbocycles. The van der Waals surface area contributed by atoms with Gasteiger partial charge in [-0.3, -0.25) is 19.7 Å². The molecule has 1 unspecified atom stereocenters. The van der Waals surface area contributed by atoms with Gasteiger partial charge in [-0.2, -0.15) is 0 Å². The van der Waals surface area contributed by atoms with Gasteiger partial charge in [0, 0.05) is 36.0 Å². The summed E-state index contributed by atoms with van der Waals surface area (Å²) in [5.74, 6) is -0.0549. The molecule has 1 aliphatic heterocycles. The molecule has 0 bridgehead atoms. The summed E-state index contributed by atoms with van der Waals surface area (Å²) in [5, 5.41) is 0. The number of nitrogens with zero attached hydrogens (tertiary/aromatic N) is 4. The van der Waals surface area contributed by atoms with Crippen LogP contribution in [0.15, 0.2) is 60.7 Å². The molecule has 3 heterocycles. The molecule has 0 spiro atoms. The minimum atomic E-state index is -0.345. The van der Waals surface area contributed by atoms with Crippen LogP contribution in [-0.2, 0) is 16.1 Å². The number of amides is 2. The summed E-state index contributed by atoms with van der Waals surface area (Å²) in [4.78, 5) is 32.2. The Labute approximate surface area is 190 Å². The van der Waals surface area contributed by atoms with E-state index in [1.54, 1.807) is 21.7 Å². The van der Waals surface area contributed by atoms with E-state index >= 15 is 0 Å². The third kappa shape index (κ3) is 3.88. The molecule has 8 heteroatoms. The zero-order valence-corrected chi connectivity index (χ0v) is 18.5.